The third-order valence-corrected chi connectivity index (χ3v) is 3.85. The molecule has 0 heterocycles. The van der Waals surface area contributed by atoms with Gasteiger partial charge in [-0.15, -0.1) is 11.8 Å². The Labute approximate surface area is 107 Å². The minimum absolute atomic E-state index is 0.124. The van der Waals surface area contributed by atoms with Crippen molar-refractivity contribution >= 4 is 33.3 Å². The number of anilines is 1. The Morgan fingerprint density at radius 2 is 2.06 bits per heavy atom. The third-order valence-electron chi connectivity index (χ3n) is 1.91. The Hall–Kier alpha value is -1.36. The summed E-state index contributed by atoms with van der Waals surface area (Å²) in [5, 5.41) is 19.4. The van der Waals surface area contributed by atoms with Gasteiger partial charge in [-0.3, -0.25) is 14.7 Å². The molecule has 100 valence electrons. The normalized spacial score (nSPS) is 11.4. The van der Waals surface area contributed by atoms with Gasteiger partial charge >= 0.3 is 0 Å². The number of rotatable bonds is 5. The van der Waals surface area contributed by atoms with Crippen molar-refractivity contribution in [3.8, 4) is 0 Å². The molecule has 0 saturated carbocycles. The fraction of sp³-hybridized carbons (Fsp3) is 0.250. The molecule has 1 aromatic rings. The Morgan fingerprint density at radius 3 is 2.50 bits per heavy atom. The summed E-state index contributed by atoms with van der Waals surface area (Å²) in [7, 11) is -4.61. The van der Waals surface area contributed by atoms with Gasteiger partial charge in [0.2, 0.25) is 0 Å². The fourth-order valence-electron chi connectivity index (χ4n) is 1.20. The highest BCUT2D eigenvalue weighted by Gasteiger charge is 2.23. The smallest absolute Gasteiger partial charge is 0.296 e. The molecule has 18 heavy (non-hydrogen) atoms. The molecule has 1 aromatic carbocycles. The average Bonchev–Trinajstić information content (AvgIpc) is 2.23. The van der Waals surface area contributed by atoms with Gasteiger partial charge in [-0.1, -0.05) is 0 Å². The second-order valence-corrected chi connectivity index (χ2v) is 5.69. The lowest BCUT2D eigenvalue weighted by molar-refractivity contribution is -0.387. The Bertz CT molecular complexity index is 571. The van der Waals surface area contributed by atoms with Crippen molar-refractivity contribution < 1.29 is 23.0 Å². The number of aliphatic hydroxyl groups is 1. The van der Waals surface area contributed by atoms with E-state index in [1.807, 2.05) is 0 Å². The zero-order valence-corrected chi connectivity index (χ0v) is 10.6. The van der Waals surface area contributed by atoms with Gasteiger partial charge in [0.05, 0.1) is 22.1 Å². The molecule has 0 aliphatic heterocycles. The number of hydrogen-bond acceptors (Lipinski definition) is 7. The van der Waals surface area contributed by atoms with Crippen LogP contribution in [-0.4, -0.2) is 35.4 Å². The third kappa shape index (κ3) is 3.32. The first-order valence-corrected chi connectivity index (χ1v) is 6.99. The zero-order valence-electron chi connectivity index (χ0n) is 8.94. The number of benzene rings is 1. The lowest BCUT2D eigenvalue weighted by Gasteiger charge is -2.06. The lowest BCUT2D eigenvalue weighted by Crippen LogP contribution is -2.05. The summed E-state index contributed by atoms with van der Waals surface area (Å²) in [5.74, 6) is 0.200. The molecule has 1 rings (SSSR count). The van der Waals surface area contributed by atoms with Gasteiger partial charge in [0.15, 0.2) is 0 Å². The standard InChI is InChI=1S/C8H10N2O6S2/c9-5-3-7(17-2-1-11)6(10(12)13)4-8(5)18(14,15)16/h3-4,11H,1-2,9H2,(H,14,15,16). The van der Waals surface area contributed by atoms with Crippen LogP contribution in [0.2, 0.25) is 0 Å². The van der Waals surface area contributed by atoms with Crippen LogP contribution in [0.1, 0.15) is 0 Å². The first-order chi connectivity index (χ1) is 8.27. The Morgan fingerprint density at radius 1 is 1.44 bits per heavy atom. The molecule has 10 heteroatoms. The van der Waals surface area contributed by atoms with Crippen LogP contribution < -0.4 is 5.73 Å². The molecule has 4 N–H and O–H groups in total. The molecule has 0 saturated heterocycles. The maximum absolute atomic E-state index is 11.0. The van der Waals surface area contributed by atoms with E-state index >= 15 is 0 Å². The van der Waals surface area contributed by atoms with Crippen molar-refractivity contribution in [2.24, 2.45) is 0 Å². The van der Waals surface area contributed by atoms with Crippen molar-refractivity contribution in [1.29, 1.82) is 0 Å². The minimum Gasteiger partial charge on any atom is -0.398 e. The number of hydrogen-bond donors (Lipinski definition) is 3. The average molecular weight is 294 g/mol. The monoisotopic (exact) mass is 294 g/mol. The van der Waals surface area contributed by atoms with Crippen molar-refractivity contribution in [1.82, 2.24) is 0 Å². The second kappa shape index (κ2) is 5.52. The molecule has 0 spiro atoms. The van der Waals surface area contributed by atoms with Crippen LogP contribution in [0.4, 0.5) is 11.4 Å². The van der Waals surface area contributed by atoms with E-state index in [1.165, 1.54) is 0 Å². The SMILES string of the molecule is Nc1cc(SCCO)c([N+](=O)[O-])cc1S(=O)(=O)O. The summed E-state index contributed by atoms with van der Waals surface area (Å²) in [4.78, 5) is 9.42. The van der Waals surface area contributed by atoms with Crippen LogP contribution in [-0.2, 0) is 10.1 Å². The maximum atomic E-state index is 11.0. The molecule has 0 bridgehead atoms. The predicted octanol–water partition coefficient (Wildman–Crippen LogP) is 0.508. The molecular formula is C8H10N2O6S2. The van der Waals surface area contributed by atoms with Crippen LogP contribution in [0.25, 0.3) is 0 Å². The summed E-state index contributed by atoms with van der Waals surface area (Å²) < 4.78 is 30.8. The van der Waals surface area contributed by atoms with Gasteiger partial charge in [0, 0.05) is 11.8 Å². The number of nitro groups is 1. The van der Waals surface area contributed by atoms with Crippen molar-refractivity contribution in [2.45, 2.75) is 9.79 Å². The van der Waals surface area contributed by atoms with E-state index in [-0.39, 0.29) is 22.9 Å². The van der Waals surface area contributed by atoms with Crippen molar-refractivity contribution in [2.75, 3.05) is 18.1 Å². The maximum Gasteiger partial charge on any atom is 0.296 e. The topological polar surface area (TPSA) is 144 Å². The summed E-state index contributed by atoms with van der Waals surface area (Å²) in [6.45, 7) is -0.193. The van der Waals surface area contributed by atoms with E-state index in [2.05, 4.69) is 0 Å². The summed E-state index contributed by atoms with van der Waals surface area (Å²) in [5.41, 5.74) is 4.63. The molecule has 0 radical (unpaired) electrons. The van der Waals surface area contributed by atoms with Crippen LogP contribution in [0, 0.1) is 10.1 Å². The number of thioether (sulfide) groups is 1. The van der Waals surface area contributed by atoms with Gasteiger partial charge in [-0.25, -0.2) is 0 Å². The number of nitro benzene ring substituents is 1. The molecule has 0 amide bonds. The van der Waals surface area contributed by atoms with Crippen LogP contribution in [0.15, 0.2) is 21.9 Å². The van der Waals surface area contributed by atoms with Gasteiger partial charge in [0.25, 0.3) is 15.8 Å². The van der Waals surface area contributed by atoms with E-state index < -0.39 is 25.6 Å². The summed E-state index contributed by atoms with van der Waals surface area (Å²) in [6, 6.07) is 1.78. The van der Waals surface area contributed by atoms with Crippen LogP contribution >= 0.6 is 11.8 Å². The molecule has 0 unspecified atom stereocenters. The predicted molar refractivity (Wildman–Crippen MR) is 65.1 cm³/mol. The van der Waals surface area contributed by atoms with Crippen LogP contribution in [0.3, 0.4) is 0 Å². The lowest BCUT2D eigenvalue weighted by atomic mass is 10.3. The highest BCUT2D eigenvalue weighted by Crippen LogP contribution is 2.34. The number of nitrogens with zero attached hydrogens (tertiary/aromatic N) is 1. The molecular weight excluding hydrogens is 284 g/mol. The summed E-state index contributed by atoms with van der Waals surface area (Å²) >= 11 is 0.961. The van der Waals surface area contributed by atoms with E-state index in [0.29, 0.717) is 6.07 Å². The molecule has 8 nitrogen and oxygen atoms in total. The molecule has 0 aliphatic rings. The van der Waals surface area contributed by atoms with Crippen LogP contribution in [0.5, 0.6) is 0 Å². The molecule has 0 atom stereocenters. The minimum atomic E-state index is -4.61. The largest absolute Gasteiger partial charge is 0.398 e. The molecule has 0 aromatic heterocycles. The zero-order chi connectivity index (χ0) is 13.9. The van der Waals surface area contributed by atoms with E-state index in [0.717, 1.165) is 17.8 Å². The van der Waals surface area contributed by atoms with Crippen molar-refractivity contribution in [3.63, 3.8) is 0 Å². The number of aliphatic hydroxyl groups excluding tert-OH is 1. The first kappa shape index (κ1) is 14.7. The van der Waals surface area contributed by atoms with E-state index in [1.54, 1.807) is 0 Å². The van der Waals surface area contributed by atoms with E-state index in [4.69, 9.17) is 15.4 Å². The van der Waals surface area contributed by atoms with Gasteiger partial charge in [-0.2, -0.15) is 8.42 Å². The highest BCUT2D eigenvalue weighted by molar-refractivity contribution is 7.99. The molecule has 0 aliphatic carbocycles. The van der Waals surface area contributed by atoms with Gasteiger partial charge < -0.3 is 10.8 Å². The Balaban J connectivity index is 3.39. The first-order valence-electron chi connectivity index (χ1n) is 4.56. The quantitative estimate of drug-likeness (QED) is 0.234. The van der Waals surface area contributed by atoms with E-state index in [9.17, 15) is 18.5 Å². The van der Waals surface area contributed by atoms with Crippen molar-refractivity contribution in [3.05, 3.63) is 22.2 Å². The second-order valence-electron chi connectivity index (χ2n) is 3.16. The van der Waals surface area contributed by atoms with Gasteiger partial charge in [0.1, 0.15) is 4.90 Å². The van der Waals surface area contributed by atoms with Gasteiger partial charge in [-0.05, 0) is 6.07 Å². The number of nitrogen functional groups attached to an aromatic ring is 1. The Kier molecular flexibility index (Phi) is 4.51. The molecule has 0 fully saturated rings. The fourth-order valence-corrected chi connectivity index (χ4v) is 2.62. The number of nitrogens with two attached hydrogens (primary N) is 1. The summed E-state index contributed by atoms with van der Waals surface area (Å²) in [6.07, 6.45) is 0. The highest BCUT2D eigenvalue weighted by atomic mass is 32.2.